The number of benzene rings is 1. The van der Waals surface area contributed by atoms with Crippen LogP contribution in [0.2, 0.25) is 0 Å². The summed E-state index contributed by atoms with van der Waals surface area (Å²) in [4.78, 5) is 16.6. The Kier molecular flexibility index (Phi) is 4.84. The quantitative estimate of drug-likeness (QED) is 0.556. The first-order valence-corrected chi connectivity index (χ1v) is 10.8. The Bertz CT molecular complexity index is 1110. The van der Waals surface area contributed by atoms with Gasteiger partial charge >= 0.3 is 5.69 Å². The summed E-state index contributed by atoms with van der Waals surface area (Å²) in [5.74, 6) is 0.0516. The van der Waals surface area contributed by atoms with Gasteiger partial charge in [0.1, 0.15) is 11.6 Å². The molecule has 29 heavy (non-hydrogen) atoms. The fraction of sp³-hybridized carbons (Fsp3) is 0.368. The van der Waals surface area contributed by atoms with Crippen molar-refractivity contribution in [3.63, 3.8) is 0 Å². The Morgan fingerprint density at radius 3 is 2.79 bits per heavy atom. The maximum atomic E-state index is 13.4. The molecule has 1 saturated heterocycles. The number of rotatable bonds is 4. The van der Waals surface area contributed by atoms with E-state index in [0.717, 1.165) is 5.56 Å². The van der Waals surface area contributed by atoms with Gasteiger partial charge in [0.25, 0.3) is 0 Å². The van der Waals surface area contributed by atoms with Crippen LogP contribution in [0.3, 0.4) is 0 Å². The van der Waals surface area contributed by atoms with Crippen LogP contribution < -0.4 is 9.21 Å². The Hall–Kier alpha value is -3.19. The lowest BCUT2D eigenvalue weighted by molar-refractivity contribution is -0.384. The van der Waals surface area contributed by atoms with E-state index in [-0.39, 0.29) is 23.6 Å². The number of hydrogen-bond donors (Lipinski definition) is 0. The number of nitriles is 1. The summed E-state index contributed by atoms with van der Waals surface area (Å²) < 4.78 is 28.2. The van der Waals surface area contributed by atoms with Crippen LogP contribution in [0, 0.1) is 21.4 Å². The van der Waals surface area contributed by atoms with Crippen LogP contribution in [0.5, 0.6) is 0 Å². The molecule has 1 atom stereocenters. The SMILES string of the molecule is N#Cc1ccnc(N2CCCC(S(=O)(=O)N3CCc4ccccc43)C2)c1[N+](=O)[O-]. The number of pyridine rings is 1. The number of hydrogen-bond acceptors (Lipinski definition) is 7. The number of fused-ring (bicyclic) bond motifs is 1. The molecular formula is C19H19N5O4S. The monoisotopic (exact) mass is 413 g/mol. The van der Waals surface area contributed by atoms with Gasteiger partial charge in [0, 0.05) is 25.8 Å². The first kappa shape index (κ1) is 19.1. The Balaban J connectivity index is 1.65. The molecule has 1 unspecified atom stereocenters. The first-order chi connectivity index (χ1) is 13.9. The van der Waals surface area contributed by atoms with Crippen LogP contribution in [-0.4, -0.2) is 43.2 Å². The number of piperidine rings is 1. The summed E-state index contributed by atoms with van der Waals surface area (Å²) in [5, 5.41) is 20.0. The lowest BCUT2D eigenvalue weighted by Gasteiger charge is -2.35. The van der Waals surface area contributed by atoms with Crippen molar-refractivity contribution in [1.29, 1.82) is 5.26 Å². The van der Waals surface area contributed by atoms with Gasteiger partial charge in [-0.2, -0.15) is 5.26 Å². The fourth-order valence-electron chi connectivity index (χ4n) is 4.07. The van der Waals surface area contributed by atoms with E-state index in [1.165, 1.54) is 16.6 Å². The molecule has 4 rings (SSSR count). The summed E-state index contributed by atoms with van der Waals surface area (Å²) in [5.41, 5.74) is 1.25. The molecule has 0 aliphatic carbocycles. The molecule has 0 bridgehead atoms. The van der Waals surface area contributed by atoms with Crippen molar-refractivity contribution in [3.05, 3.63) is 57.8 Å². The lowest BCUT2D eigenvalue weighted by atomic mass is 10.1. The standard InChI is InChI=1S/C19H19N5O4S/c20-12-15-7-9-21-19(18(15)24(25)26)22-10-3-5-16(13-22)29(27,28)23-11-8-14-4-1-2-6-17(14)23/h1-2,4,6-7,9,16H,3,5,8,10-11,13H2. The predicted octanol–water partition coefficient (Wildman–Crippen LogP) is 2.22. The molecule has 0 amide bonds. The molecule has 1 aromatic carbocycles. The van der Waals surface area contributed by atoms with Crippen molar-refractivity contribution >= 4 is 27.2 Å². The molecule has 2 aliphatic rings. The van der Waals surface area contributed by atoms with Crippen LogP contribution >= 0.6 is 0 Å². The number of sulfonamides is 1. The van der Waals surface area contributed by atoms with Crippen LogP contribution in [-0.2, 0) is 16.4 Å². The van der Waals surface area contributed by atoms with Gasteiger partial charge in [-0.15, -0.1) is 0 Å². The summed E-state index contributed by atoms with van der Waals surface area (Å²) in [7, 11) is -3.64. The van der Waals surface area contributed by atoms with E-state index in [0.29, 0.717) is 38.0 Å². The molecule has 10 heteroatoms. The second-order valence-electron chi connectivity index (χ2n) is 7.11. The van der Waals surface area contributed by atoms with Crippen molar-refractivity contribution in [2.75, 3.05) is 28.8 Å². The second-order valence-corrected chi connectivity index (χ2v) is 9.24. The van der Waals surface area contributed by atoms with E-state index in [4.69, 9.17) is 0 Å². The zero-order valence-corrected chi connectivity index (χ0v) is 16.4. The largest absolute Gasteiger partial charge is 0.349 e. The Morgan fingerprint density at radius 1 is 1.24 bits per heavy atom. The number of aromatic nitrogens is 1. The fourth-order valence-corrected chi connectivity index (χ4v) is 6.06. The Labute approximate surface area is 168 Å². The van der Waals surface area contributed by atoms with E-state index in [1.807, 2.05) is 30.3 Å². The molecule has 0 saturated carbocycles. The van der Waals surface area contributed by atoms with Gasteiger partial charge < -0.3 is 4.90 Å². The molecule has 2 aromatic rings. The zero-order valence-electron chi connectivity index (χ0n) is 15.6. The van der Waals surface area contributed by atoms with E-state index in [2.05, 4.69) is 4.98 Å². The average molecular weight is 413 g/mol. The second kappa shape index (κ2) is 7.33. The normalized spacial score (nSPS) is 18.9. The third-order valence-corrected chi connectivity index (χ3v) is 7.68. The number of anilines is 2. The average Bonchev–Trinajstić information content (AvgIpc) is 3.18. The highest BCUT2D eigenvalue weighted by atomic mass is 32.2. The van der Waals surface area contributed by atoms with Gasteiger partial charge in [0.15, 0.2) is 0 Å². The maximum Gasteiger partial charge on any atom is 0.329 e. The van der Waals surface area contributed by atoms with Gasteiger partial charge in [-0.1, -0.05) is 18.2 Å². The lowest BCUT2D eigenvalue weighted by Crippen LogP contribution is -2.48. The number of nitro groups is 1. The van der Waals surface area contributed by atoms with Crippen LogP contribution in [0.4, 0.5) is 17.2 Å². The predicted molar refractivity (Wildman–Crippen MR) is 107 cm³/mol. The van der Waals surface area contributed by atoms with Gasteiger partial charge in [-0.25, -0.2) is 13.4 Å². The molecular weight excluding hydrogens is 394 g/mol. The molecule has 3 heterocycles. The highest BCUT2D eigenvalue weighted by molar-refractivity contribution is 7.93. The third-order valence-electron chi connectivity index (χ3n) is 5.46. The van der Waals surface area contributed by atoms with Crippen LogP contribution in [0.25, 0.3) is 0 Å². The summed E-state index contributed by atoms with van der Waals surface area (Å²) in [6.07, 6.45) is 3.05. The van der Waals surface area contributed by atoms with Gasteiger partial charge in [-0.3, -0.25) is 14.4 Å². The smallest absolute Gasteiger partial charge is 0.329 e. The summed E-state index contributed by atoms with van der Waals surface area (Å²) in [6, 6.07) is 10.6. The first-order valence-electron chi connectivity index (χ1n) is 9.31. The van der Waals surface area contributed by atoms with Gasteiger partial charge in [-0.05, 0) is 37.0 Å². The molecule has 2 aliphatic heterocycles. The molecule has 150 valence electrons. The molecule has 1 fully saturated rings. The van der Waals surface area contributed by atoms with E-state index >= 15 is 0 Å². The number of para-hydroxylation sites is 1. The molecule has 0 radical (unpaired) electrons. The van der Waals surface area contributed by atoms with Crippen molar-refractivity contribution in [2.24, 2.45) is 0 Å². The summed E-state index contributed by atoms with van der Waals surface area (Å²) in [6.45, 7) is 0.954. The molecule has 0 N–H and O–H groups in total. The van der Waals surface area contributed by atoms with Crippen molar-refractivity contribution in [2.45, 2.75) is 24.5 Å². The number of nitrogens with zero attached hydrogens (tertiary/aromatic N) is 5. The molecule has 0 spiro atoms. The molecule has 1 aromatic heterocycles. The minimum Gasteiger partial charge on any atom is -0.349 e. The van der Waals surface area contributed by atoms with E-state index in [9.17, 15) is 23.8 Å². The van der Waals surface area contributed by atoms with E-state index < -0.39 is 20.2 Å². The minimum atomic E-state index is -3.64. The highest BCUT2D eigenvalue weighted by Crippen LogP contribution is 2.35. The van der Waals surface area contributed by atoms with Crippen molar-refractivity contribution in [3.8, 4) is 6.07 Å². The highest BCUT2D eigenvalue weighted by Gasteiger charge is 2.39. The van der Waals surface area contributed by atoms with E-state index in [1.54, 1.807) is 4.90 Å². The topological polar surface area (TPSA) is 120 Å². The van der Waals surface area contributed by atoms with Crippen LogP contribution in [0.15, 0.2) is 36.5 Å². The summed E-state index contributed by atoms with van der Waals surface area (Å²) >= 11 is 0. The van der Waals surface area contributed by atoms with Crippen molar-refractivity contribution in [1.82, 2.24) is 4.98 Å². The van der Waals surface area contributed by atoms with Gasteiger partial charge in [0.2, 0.25) is 15.8 Å². The molecule has 9 nitrogen and oxygen atoms in total. The minimum absolute atomic E-state index is 0.0516. The third kappa shape index (κ3) is 3.27. The van der Waals surface area contributed by atoms with Gasteiger partial charge in [0.05, 0.1) is 15.9 Å². The maximum absolute atomic E-state index is 13.4. The van der Waals surface area contributed by atoms with Crippen LogP contribution in [0.1, 0.15) is 24.0 Å². The zero-order chi connectivity index (χ0) is 20.6. The van der Waals surface area contributed by atoms with Crippen molar-refractivity contribution < 1.29 is 13.3 Å². The Morgan fingerprint density at radius 2 is 2.03 bits per heavy atom.